The molecule has 27 heavy (non-hydrogen) atoms. The first kappa shape index (κ1) is 22.0. The molecule has 1 aliphatic rings. The molecule has 0 unspecified atom stereocenters. The van der Waals surface area contributed by atoms with Gasteiger partial charge in [-0.2, -0.15) is 5.26 Å². The Bertz CT molecular complexity index is 706. The van der Waals surface area contributed by atoms with Crippen LogP contribution >= 0.6 is 0 Å². The highest BCUT2D eigenvalue weighted by Crippen LogP contribution is 2.37. The van der Waals surface area contributed by atoms with Crippen LogP contribution in [0.5, 0.6) is 5.75 Å². The van der Waals surface area contributed by atoms with E-state index in [1.54, 1.807) is 6.07 Å². The number of aryl methyl sites for hydroxylation is 1. The molecule has 2 rings (SSSR count). The number of ether oxygens (including phenoxy) is 2. The third-order valence-electron chi connectivity index (χ3n) is 5.31. The predicted molar refractivity (Wildman–Crippen MR) is 111 cm³/mol. The van der Waals surface area contributed by atoms with Crippen molar-refractivity contribution < 1.29 is 18.8 Å². The molecule has 1 fully saturated rings. The maximum atomic E-state index is 9.54. The largest absolute Gasteiger partial charge is 0.498 e. The summed E-state index contributed by atoms with van der Waals surface area (Å²) in [6.07, 6.45) is 0. The van der Waals surface area contributed by atoms with Gasteiger partial charge in [-0.15, -0.1) is 0 Å². The van der Waals surface area contributed by atoms with Crippen LogP contribution in [0, 0.1) is 18.3 Å². The molecule has 7 heteroatoms. The van der Waals surface area contributed by atoms with Crippen molar-refractivity contribution in [3.05, 3.63) is 23.3 Å². The van der Waals surface area contributed by atoms with Crippen LogP contribution in [0.25, 0.3) is 0 Å². The molecule has 1 aromatic carbocycles. The Morgan fingerprint density at radius 2 is 1.70 bits per heavy atom. The third-order valence-corrected chi connectivity index (χ3v) is 7.01. The second-order valence-corrected chi connectivity index (χ2v) is 15.0. The molecule has 0 spiro atoms. The van der Waals surface area contributed by atoms with E-state index in [1.807, 2.05) is 40.7 Å². The quantitative estimate of drug-likeness (QED) is 0.403. The summed E-state index contributed by atoms with van der Waals surface area (Å²) in [4.78, 5) is 0. The Morgan fingerprint density at radius 1 is 1.11 bits per heavy atom. The van der Waals surface area contributed by atoms with E-state index in [-0.39, 0.29) is 6.79 Å². The molecule has 1 saturated heterocycles. The third kappa shape index (κ3) is 5.14. The molecular formula is C20H32BNO4Si. The van der Waals surface area contributed by atoms with Crippen LogP contribution in [0.3, 0.4) is 0 Å². The van der Waals surface area contributed by atoms with E-state index >= 15 is 0 Å². The topological polar surface area (TPSA) is 60.7 Å². The van der Waals surface area contributed by atoms with Gasteiger partial charge in [-0.3, -0.25) is 0 Å². The van der Waals surface area contributed by atoms with Gasteiger partial charge in [0, 0.05) is 20.1 Å². The summed E-state index contributed by atoms with van der Waals surface area (Å²) in [7, 11) is -1.73. The number of hydrogen-bond acceptors (Lipinski definition) is 5. The number of nitriles is 1. The van der Waals surface area contributed by atoms with Gasteiger partial charge in [0.25, 0.3) is 0 Å². The minimum Gasteiger partial charge on any atom is -0.467 e. The lowest BCUT2D eigenvalue weighted by Gasteiger charge is -2.32. The van der Waals surface area contributed by atoms with E-state index < -0.39 is 26.4 Å². The molecule has 0 aliphatic carbocycles. The Hall–Kier alpha value is -1.33. The summed E-state index contributed by atoms with van der Waals surface area (Å²) in [5.41, 5.74) is 1.26. The molecule has 0 radical (unpaired) electrons. The van der Waals surface area contributed by atoms with Crippen molar-refractivity contribution in [2.45, 2.75) is 71.5 Å². The van der Waals surface area contributed by atoms with Gasteiger partial charge in [-0.25, -0.2) is 0 Å². The zero-order chi connectivity index (χ0) is 20.5. The maximum absolute atomic E-state index is 9.54. The van der Waals surface area contributed by atoms with Gasteiger partial charge in [-0.05, 0) is 52.3 Å². The molecule has 0 bridgehead atoms. The average molecular weight is 389 g/mol. The van der Waals surface area contributed by atoms with E-state index in [1.165, 1.54) is 0 Å². The number of benzene rings is 1. The number of hydrogen-bond donors (Lipinski definition) is 0. The van der Waals surface area contributed by atoms with E-state index in [0.717, 1.165) is 17.1 Å². The summed E-state index contributed by atoms with van der Waals surface area (Å²) >= 11 is 0. The van der Waals surface area contributed by atoms with E-state index in [0.29, 0.717) is 17.9 Å². The Morgan fingerprint density at radius 3 is 2.22 bits per heavy atom. The number of nitrogens with zero attached hydrogens (tertiary/aromatic N) is 1. The lowest BCUT2D eigenvalue weighted by molar-refractivity contribution is 0.00578. The van der Waals surface area contributed by atoms with Crippen molar-refractivity contribution in [1.29, 1.82) is 5.26 Å². The molecule has 1 aromatic rings. The van der Waals surface area contributed by atoms with Crippen LogP contribution in [0.2, 0.25) is 25.7 Å². The minimum absolute atomic E-state index is 0.106. The molecule has 0 saturated carbocycles. The summed E-state index contributed by atoms with van der Waals surface area (Å²) in [5.74, 6) is 0.490. The van der Waals surface area contributed by atoms with Gasteiger partial charge in [0.1, 0.15) is 11.8 Å². The van der Waals surface area contributed by atoms with E-state index in [2.05, 4.69) is 25.7 Å². The van der Waals surface area contributed by atoms with Crippen LogP contribution in [-0.4, -0.2) is 39.8 Å². The molecule has 0 aromatic heterocycles. The molecule has 1 aliphatic heterocycles. The van der Waals surface area contributed by atoms with Gasteiger partial charge >= 0.3 is 7.12 Å². The maximum Gasteiger partial charge on any atom is 0.498 e. The van der Waals surface area contributed by atoms with Gasteiger partial charge < -0.3 is 18.8 Å². The van der Waals surface area contributed by atoms with Crippen LogP contribution in [0.1, 0.15) is 38.8 Å². The molecule has 0 N–H and O–H groups in total. The highest BCUT2D eigenvalue weighted by Gasteiger charge is 2.53. The number of rotatable bonds is 7. The highest BCUT2D eigenvalue weighted by atomic mass is 28.3. The normalized spacial score (nSPS) is 18.4. The standard InChI is InChI=1S/C20H32BNO4Si/c1-15-9-10-16(13-22)18(24-14-23-11-12-27(6,7)8)17(15)21-25-19(2,3)20(4,5)26-21/h9-10H,11-12,14H2,1-8H3. The predicted octanol–water partition coefficient (Wildman–Crippen LogP) is 3.86. The fraction of sp³-hybridized carbons (Fsp3) is 0.650. The molecule has 5 nitrogen and oxygen atoms in total. The van der Waals surface area contributed by atoms with Crippen molar-refractivity contribution in [2.75, 3.05) is 13.4 Å². The summed E-state index contributed by atoms with van der Waals surface area (Å²) in [6.45, 7) is 17.7. The smallest absolute Gasteiger partial charge is 0.467 e. The molecule has 1 heterocycles. The van der Waals surface area contributed by atoms with Crippen LogP contribution in [0.4, 0.5) is 0 Å². The molecule has 0 atom stereocenters. The van der Waals surface area contributed by atoms with Crippen molar-refractivity contribution in [3.8, 4) is 11.8 Å². The van der Waals surface area contributed by atoms with Crippen LogP contribution < -0.4 is 10.2 Å². The summed E-state index contributed by atoms with van der Waals surface area (Å²) in [5, 5.41) is 9.54. The highest BCUT2D eigenvalue weighted by molar-refractivity contribution is 6.76. The summed E-state index contributed by atoms with van der Waals surface area (Å²) < 4.78 is 24.0. The second kappa shape index (κ2) is 7.96. The fourth-order valence-electron chi connectivity index (χ4n) is 2.73. The van der Waals surface area contributed by atoms with Crippen molar-refractivity contribution in [3.63, 3.8) is 0 Å². The van der Waals surface area contributed by atoms with Crippen molar-refractivity contribution in [2.24, 2.45) is 0 Å². The average Bonchev–Trinajstić information content (AvgIpc) is 2.73. The Labute approximate surface area is 165 Å². The van der Waals surface area contributed by atoms with Gasteiger partial charge in [-0.1, -0.05) is 25.7 Å². The Kier molecular flexibility index (Phi) is 6.48. The molecular weight excluding hydrogens is 357 g/mol. The van der Waals surface area contributed by atoms with E-state index in [9.17, 15) is 5.26 Å². The monoisotopic (exact) mass is 389 g/mol. The Balaban J connectivity index is 2.22. The van der Waals surface area contributed by atoms with Crippen molar-refractivity contribution >= 4 is 20.7 Å². The van der Waals surface area contributed by atoms with Crippen LogP contribution in [0.15, 0.2) is 12.1 Å². The SMILES string of the molecule is Cc1ccc(C#N)c(OCOCC[Si](C)(C)C)c1B1OC(C)(C)C(C)(C)O1. The first-order chi connectivity index (χ1) is 12.4. The lowest BCUT2D eigenvalue weighted by Crippen LogP contribution is -2.41. The van der Waals surface area contributed by atoms with Crippen LogP contribution in [-0.2, 0) is 14.0 Å². The van der Waals surface area contributed by atoms with Gasteiger partial charge in [0.15, 0.2) is 6.79 Å². The first-order valence-electron chi connectivity index (χ1n) is 9.48. The zero-order valence-electron chi connectivity index (χ0n) is 17.9. The van der Waals surface area contributed by atoms with Crippen molar-refractivity contribution in [1.82, 2.24) is 0 Å². The molecule has 148 valence electrons. The fourth-order valence-corrected chi connectivity index (χ4v) is 3.49. The van der Waals surface area contributed by atoms with Gasteiger partial charge in [0.05, 0.1) is 16.8 Å². The minimum atomic E-state index is -1.15. The lowest BCUT2D eigenvalue weighted by atomic mass is 9.74. The van der Waals surface area contributed by atoms with Gasteiger partial charge in [0.2, 0.25) is 0 Å². The second-order valence-electron chi connectivity index (χ2n) is 9.35. The molecule has 0 amide bonds. The first-order valence-corrected chi connectivity index (χ1v) is 13.2. The summed E-state index contributed by atoms with van der Waals surface area (Å²) in [6, 6.07) is 6.94. The van der Waals surface area contributed by atoms with E-state index in [4.69, 9.17) is 18.8 Å². The zero-order valence-corrected chi connectivity index (χ0v) is 18.9.